The number of hydrogen-bond acceptors (Lipinski definition) is 5. The third-order valence-electron chi connectivity index (χ3n) is 2.46. The van der Waals surface area contributed by atoms with E-state index in [1.807, 2.05) is 13.8 Å². The van der Waals surface area contributed by atoms with Crippen molar-refractivity contribution in [1.82, 2.24) is 10.1 Å². The van der Waals surface area contributed by atoms with Gasteiger partial charge in [0, 0.05) is 16.7 Å². The molecule has 0 bridgehead atoms. The molecule has 0 N–H and O–H groups in total. The molecule has 1 aromatic carbocycles. The van der Waals surface area contributed by atoms with Gasteiger partial charge in [0.2, 0.25) is 0 Å². The smallest absolute Gasteiger partial charge is 0.264 e. The van der Waals surface area contributed by atoms with E-state index in [0.717, 1.165) is 0 Å². The van der Waals surface area contributed by atoms with Crippen LogP contribution in [0.1, 0.15) is 31.7 Å². The molecule has 2 rings (SSSR count). The average molecular weight is 317 g/mol. The van der Waals surface area contributed by atoms with E-state index in [1.165, 1.54) is 0 Å². The molecule has 1 aromatic heterocycles. The van der Waals surface area contributed by atoms with E-state index in [4.69, 9.17) is 37.2 Å². The molecule has 1 unspecified atom stereocenters. The summed E-state index contributed by atoms with van der Waals surface area (Å²) in [7, 11) is 0. The SMILES string of the molecule is CCOC(C)c1noc(COc2cc(Cl)cc(Cl)c2)n1. The average Bonchev–Trinajstić information content (AvgIpc) is 2.84. The van der Waals surface area contributed by atoms with E-state index in [9.17, 15) is 0 Å². The van der Waals surface area contributed by atoms with Crippen molar-refractivity contribution in [3.05, 3.63) is 40.0 Å². The van der Waals surface area contributed by atoms with Crippen LogP contribution in [0.4, 0.5) is 0 Å². The number of ether oxygens (including phenoxy) is 2. The van der Waals surface area contributed by atoms with Crippen LogP contribution in [0.25, 0.3) is 0 Å². The first-order valence-corrected chi connectivity index (χ1v) is 6.87. The molecule has 0 spiro atoms. The second-order valence-corrected chi connectivity index (χ2v) is 4.91. The Bertz CT molecular complexity index is 554. The summed E-state index contributed by atoms with van der Waals surface area (Å²) >= 11 is 11.8. The lowest BCUT2D eigenvalue weighted by atomic mass is 10.3. The molecule has 108 valence electrons. The van der Waals surface area contributed by atoms with Gasteiger partial charge in [-0.15, -0.1) is 0 Å². The second-order valence-electron chi connectivity index (χ2n) is 4.04. The van der Waals surface area contributed by atoms with Crippen molar-refractivity contribution in [2.24, 2.45) is 0 Å². The predicted octanol–water partition coefficient (Wildman–Crippen LogP) is 4.05. The topological polar surface area (TPSA) is 57.4 Å². The minimum Gasteiger partial charge on any atom is -0.484 e. The number of halogens is 2. The molecule has 20 heavy (non-hydrogen) atoms. The van der Waals surface area contributed by atoms with Crippen LogP contribution in [0.15, 0.2) is 22.7 Å². The molecular weight excluding hydrogens is 303 g/mol. The number of hydrogen-bond donors (Lipinski definition) is 0. The van der Waals surface area contributed by atoms with Gasteiger partial charge < -0.3 is 14.0 Å². The summed E-state index contributed by atoms with van der Waals surface area (Å²) in [5.41, 5.74) is 0. The maximum atomic E-state index is 5.88. The van der Waals surface area contributed by atoms with Crippen molar-refractivity contribution in [3.8, 4) is 5.75 Å². The molecule has 1 atom stereocenters. The highest BCUT2D eigenvalue weighted by Gasteiger charge is 2.14. The van der Waals surface area contributed by atoms with Gasteiger partial charge >= 0.3 is 0 Å². The van der Waals surface area contributed by atoms with Gasteiger partial charge in [0.1, 0.15) is 11.9 Å². The monoisotopic (exact) mass is 316 g/mol. The van der Waals surface area contributed by atoms with Gasteiger partial charge in [-0.3, -0.25) is 0 Å². The second kappa shape index (κ2) is 6.92. The fourth-order valence-corrected chi connectivity index (χ4v) is 2.08. The van der Waals surface area contributed by atoms with Crippen LogP contribution in [0.5, 0.6) is 5.75 Å². The first-order valence-electron chi connectivity index (χ1n) is 6.11. The van der Waals surface area contributed by atoms with E-state index in [-0.39, 0.29) is 12.7 Å². The maximum absolute atomic E-state index is 5.88. The summed E-state index contributed by atoms with van der Waals surface area (Å²) in [4.78, 5) is 4.19. The van der Waals surface area contributed by atoms with Crippen LogP contribution < -0.4 is 4.74 Å². The molecule has 5 nitrogen and oxygen atoms in total. The van der Waals surface area contributed by atoms with E-state index in [0.29, 0.717) is 34.1 Å². The third kappa shape index (κ3) is 4.10. The molecule has 0 aliphatic carbocycles. The van der Waals surface area contributed by atoms with Crippen molar-refractivity contribution >= 4 is 23.2 Å². The Morgan fingerprint density at radius 3 is 2.60 bits per heavy atom. The van der Waals surface area contributed by atoms with Gasteiger partial charge in [0.15, 0.2) is 12.4 Å². The Morgan fingerprint density at radius 1 is 1.25 bits per heavy atom. The number of benzene rings is 1. The summed E-state index contributed by atoms with van der Waals surface area (Å²) in [6.07, 6.45) is -0.210. The zero-order valence-electron chi connectivity index (χ0n) is 11.1. The Hall–Kier alpha value is -1.30. The highest BCUT2D eigenvalue weighted by Crippen LogP contribution is 2.24. The van der Waals surface area contributed by atoms with Crippen molar-refractivity contribution < 1.29 is 14.0 Å². The molecule has 1 heterocycles. The first-order chi connectivity index (χ1) is 9.58. The summed E-state index contributed by atoms with van der Waals surface area (Å²) in [6, 6.07) is 4.95. The summed E-state index contributed by atoms with van der Waals surface area (Å²) in [5.74, 6) is 1.40. The summed E-state index contributed by atoms with van der Waals surface area (Å²) in [5, 5.41) is 4.85. The minimum atomic E-state index is -0.210. The normalized spacial score (nSPS) is 12.4. The Kier molecular flexibility index (Phi) is 5.23. The fraction of sp³-hybridized carbons (Fsp3) is 0.385. The van der Waals surface area contributed by atoms with Gasteiger partial charge in [0.05, 0.1) is 0 Å². The van der Waals surface area contributed by atoms with Crippen molar-refractivity contribution in [3.63, 3.8) is 0 Å². The molecule has 0 amide bonds. The minimum absolute atomic E-state index is 0.141. The van der Waals surface area contributed by atoms with Crippen molar-refractivity contribution in [2.75, 3.05) is 6.61 Å². The van der Waals surface area contributed by atoms with Crippen LogP contribution in [0.3, 0.4) is 0 Å². The standard InChI is InChI=1S/C13H14Cl2N2O3/c1-3-18-8(2)13-16-12(20-17-13)7-19-11-5-9(14)4-10(15)6-11/h4-6,8H,3,7H2,1-2H3. The van der Waals surface area contributed by atoms with Gasteiger partial charge in [-0.05, 0) is 32.0 Å². The summed E-state index contributed by atoms with van der Waals surface area (Å²) < 4.78 is 16.0. The van der Waals surface area contributed by atoms with Crippen LogP contribution in [-0.2, 0) is 11.3 Å². The van der Waals surface area contributed by atoms with E-state index < -0.39 is 0 Å². The molecule has 0 saturated heterocycles. The van der Waals surface area contributed by atoms with E-state index >= 15 is 0 Å². The van der Waals surface area contributed by atoms with E-state index in [2.05, 4.69) is 10.1 Å². The molecule has 7 heteroatoms. The number of nitrogens with zero attached hydrogens (tertiary/aromatic N) is 2. The van der Waals surface area contributed by atoms with Crippen LogP contribution in [0.2, 0.25) is 10.0 Å². The van der Waals surface area contributed by atoms with Crippen molar-refractivity contribution in [2.45, 2.75) is 26.6 Å². The molecule has 0 aliphatic rings. The largest absolute Gasteiger partial charge is 0.484 e. The van der Waals surface area contributed by atoms with Gasteiger partial charge in [-0.25, -0.2) is 0 Å². The zero-order valence-corrected chi connectivity index (χ0v) is 12.6. The van der Waals surface area contributed by atoms with Gasteiger partial charge in [-0.2, -0.15) is 4.98 Å². The molecule has 0 fully saturated rings. The lowest BCUT2D eigenvalue weighted by Crippen LogP contribution is -2.02. The lowest BCUT2D eigenvalue weighted by molar-refractivity contribution is 0.0683. The number of aromatic nitrogens is 2. The van der Waals surface area contributed by atoms with E-state index in [1.54, 1.807) is 18.2 Å². The summed E-state index contributed by atoms with van der Waals surface area (Å²) in [6.45, 7) is 4.49. The molecule has 2 aromatic rings. The highest BCUT2D eigenvalue weighted by atomic mass is 35.5. The lowest BCUT2D eigenvalue weighted by Gasteiger charge is -2.05. The maximum Gasteiger partial charge on any atom is 0.264 e. The molecular formula is C13H14Cl2N2O3. The quantitative estimate of drug-likeness (QED) is 0.804. The Morgan fingerprint density at radius 2 is 1.95 bits per heavy atom. The van der Waals surface area contributed by atoms with Crippen LogP contribution in [0, 0.1) is 0 Å². The number of rotatable bonds is 6. The van der Waals surface area contributed by atoms with Gasteiger partial charge in [0.25, 0.3) is 5.89 Å². The Balaban J connectivity index is 1.97. The third-order valence-corrected chi connectivity index (χ3v) is 2.90. The highest BCUT2D eigenvalue weighted by molar-refractivity contribution is 6.34. The molecule has 0 saturated carbocycles. The molecule has 0 aliphatic heterocycles. The van der Waals surface area contributed by atoms with Gasteiger partial charge in [-0.1, -0.05) is 28.4 Å². The molecule has 0 radical (unpaired) electrons. The first kappa shape index (κ1) is 15.1. The zero-order chi connectivity index (χ0) is 14.5. The van der Waals surface area contributed by atoms with Crippen LogP contribution >= 0.6 is 23.2 Å². The van der Waals surface area contributed by atoms with Crippen LogP contribution in [-0.4, -0.2) is 16.7 Å². The predicted molar refractivity (Wildman–Crippen MR) is 75.1 cm³/mol. The Labute approximate surface area is 126 Å². The van der Waals surface area contributed by atoms with Crippen molar-refractivity contribution in [1.29, 1.82) is 0 Å². The fourth-order valence-electron chi connectivity index (χ4n) is 1.57.